The number of ether oxygens (including phenoxy) is 3. The minimum atomic E-state index is -0.546. The fourth-order valence-electron chi connectivity index (χ4n) is 4.93. The highest BCUT2D eigenvalue weighted by atomic mass is 16.7. The Morgan fingerprint density at radius 2 is 1.73 bits per heavy atom. The lowest BCUT2D eigenvalue weighted by atomic mass is 9.90. The highest BCUT2D eigenvalue weighted by Gasteiger charge is 2.38. The number of fused-ring (bicyclic) bond motifs is 3. The second kappa shape index (κ2) is 8.29. The van der Waals surface area contributed by atoms with E-state index in [0.717, 1.165) is 54.1 Å². The summed E-state index contributed by atoms with van der Waals surface area (Å²) in [6, 6.07) is 8.17. The van der Waals surface area contributed by atoms with Gasteiger partial charge in [0.25, 0.3) is 0 Å². The van der Waals surface area contributed by atoms with Crippen molar-refractivity contribution >= 4 is 16.9 Å². The van der Waals surface area contributed by atoms with Gasteiger partial charge in [0, 0.05) is 24.1 Å². The maximum absolute atomic E-state index is 6.44. The molecule has 0 spiro atoms. The molecular formula is C26H34N4O3. The van der Waals surface area contributed by atoms with E-state index in [0.29, 0.717) is 25.5 Å². The first-order valence-electron chi connectivity index (χ1n) is 11.8. The van der Waals surface area contributed by atoms with Gasteiger partial charge in [-0.2, -0.15) is 0 Å². The van der Waals surface area contributed by atoms with Crippen LogP contribution in [0.25, 0.3) is 11.0 Å². The summed E-state index contributed by atoms with van der Waals surface area (Å²) < 4.78 is 19.8. The first-order valence-corrected chi connectivity index (χ1v) is 11.8. The van der Waals surface area contributed by atoms with E-state index in [1.54, 1.807) is 7.11 Å². The van der Waals surface area contributed by atoms with Gasteiger partial charge in [-0.3, -0.25) is 0 Å². The number of pyridine rings is 1. The second-order valence-corrected chi connectivity index (χ2v) is 10.3. The zero-order valence-corrected chi connectivity index (χ0v) is 20.1. The van der Waals surface area contributed by atoms with Crippen molar-refractivity contribution in [1.82, 2.24) is 14.5 Å². The molecular weight excluding hydrogens is 416 g/mol. The molecule has 0 saturated carbocycles. The molecule has 0 atom stereocenters. The topological polar surface area (TPSA) is 84.4 Å². The Bertz CT molecular complexity index is 1160. The molecule has 0 amide bonds. The molecule has 0 bridgehead atoms. The predicted molar refractivity (Wildman–Crippen MR) is 128 cm³/mol. The average Bonchev–Trinajstić information content (AvgIpc) is 3.15. The molecule has 3 aromatic rings. The first kappa shape index (κ1) is 22.2. The number of aryl methyl sites for hydroxylation is 2. The highest BCUT2D eigenvalue weighted by molar-refractivity contribution is 5.89. The maximum Gasteiger partial charge on any atom is 0.162 e. The van der Waals surface area contributed by atoms with Gasteiger partial charge in [-0.15, -0.1) is 0 Å². The number of benzene rings is 1. The number of aromatic nitrogens is 3. The normalized spacial score (nSPS) is 19.4. The Balaban J connectivity index is 1.60. The van der Waals surface area contributed by atoms with Crippen LogP contribution in [0, 0.1) is 5.41 Å². The second-order valence-electron chi connectivity index (χ2n) is 10.3. The number of imidazole rings is 1. The van der Waals surface area contributed by atoms with E-state index in [9.17, 15) is 0 Å². The van der Waals surface area contributed by atoms with Crippen LogP contribution in [-0.2, 0) is 35.3 Å². The quantitative estimate of drug-likeness (QED) is 0.625. The summed E-state index contributed by atoms with van der Waals surface area (Å²) in [4.78, 5) is 9.79. The molecule has 2 aromatic heterocycles. The summed E-state index contributed by atoms with van der Waals surface area (Å²) in [5, 5.41) is 0. The Kier molecular flexibility index (Phi) is 5.57. The van der Waals surface area contributed by atoms with Crippen LogP contribution in [0.2, 0.25) is 0 Å². The Hall–Kier alpha value is -2.64. The molecule has 5 rings (SSSR count). The lowest BCUT2D eigenvalue weighted by Gasteiger charge is -2.41. The van der Waals surface area contributed by atoms with Gasteiger partial charge >= 0.3 is 0 Å². The number of hydrogen-bond donors (Lipinski definition) is 1. The van der Waals surface area contributed by atoms with E-state index in [1.807, 2.05) is 26.0 Å². The van der Waals surface area contributed by atoms with Crippen molar-refractivity contribution in [2.45, 2.75) is 65.2 Å². The summed E-state index contributed by atoms with van der Waals surface area (Å²) in [5.41, 5.74) is 11.9. The van der Waals surface area contributed by atoms with E-state index in [4.69, 9.17) is 29.9 Å². The minimum absolute atomic E-state index is 0.169. The predicted octanol–water partition coefficient (Wildman–Crippen LogP) is 4.28. The van der Waals surface area contributed by atoms with Crippen molar-refractivity contribution in [3.05, 3.63) is 46.9 Å². The van der Waals surface area contributed by atoms with Crippen LogP contribution >= 0.6 is 0 Å². The monoisotopic (exact) mass is 450 g/mol. The van der Waals surface area contributed by atoms with E-state index in [2.05, 4.69) is 23.6 Å². The number of methoxy groups -OCH3 is 1. The third-order valence-corrected chi connectivity index (χ3v) is 6.87. The smallest absolute Gasteiger partial charge is 0.162 e. The van der Waals surface area contributed by atoms with Crippen molar-refractivity contribution in [1.29, 1.82) is 0 Å². The van der Waals surface area contributed by atoms with Crippen molar-refractivity contribution in [3.63, 3.8) is 0 Å². The number of hydrogen-bond acceptors (Lipinski definition) is 6. The van der Waals surface area contributed by atoms with Crippen LogP contribution in [0.1, 0.15) is 56.3 Å². The van der Waals surface area contributed by atoms with Crippen LogP contribution in [0.3, 0.4) is 0 Å². The number of nitrogens with two attached hydrogens (primary N) is 1. The fourth-order valence-corrected chi connectivity index (χ4v) is 4.93. The molecule has 1 aromatic carbocycles. The zero-order chi connectivity index (χ0) is 23.2. The molecule has 2 aliphatic rings. The van der Waals surface area contributed by atoms with Gasteiger partial charge in [0.1, 0.15) is 17.1 Å². The molecule has 1 aliphatic carbocycles. The Labute approximate surface area is 195 Å². The van der Waals surface area contributed by atoms with Gasteiger partial charge in [-0.05, 0) is 62.8 Å². The highest BCUT2D eigenvalue weighted by Crippen LogP contribution is 2.36. The van der Waals surface area contributed by atoms with Crippen molar-refractivity contribution in [3.8, 4) is 5.75 Å². The maximum atomic E-state index is 6.44. The average molecular weight is 451 g/mol. The van der Waals surface area contributed by atoms with E-state index < -0.39 is 5.79 Å². The van der Waals surface area contributed by atoms with E-state index in [1.165, 1.54) is 17.5 Å². The summed E-state index contributed by atoms with van der Waals surface area (Å²) in [5.74, 6) is 1.83. The SMILES string of the molecule is COc1ccc(Cc2nc3c(N)nc4c(c3n2CC2(C)COC(C)(C)OC2)CCCC4)cc1. The minimum Gasteiger partial charge on any atom is -0.497 e. The van der Waals surface area contributed by atoms with Gasteiger partial charge in [-0.1, -0.05) is 19.1 Å². The van der Waals surface area contributed by atoms with Crippen molar-refractivity contribution < 1.29 is 14.2 Å². The molecule has 2 N–H and O–H groups in total. The molecule has 1 aliphatic heterocycles. The lowest BCUT2D eigenvalue weighted by Crippen LogP contribution is -2.47. The largest absolute Gasteiger partial charge is 0.497 e. The lowest BCUT2D eigenvalue weighted by molar-refractivity contribution is -0.284. The zero-order valence-electron chi connectivity index (χ0n) is 20.1. The molecule has 7 nitrogen and oxygen atoms in total. The Morgan fingerprint density at radius 3 is 2.42 bits per heavy atom. The van der Waals surface area contributed by atoms with Crippen LogP contribution in [-0.4, -0.2) is 40.6 Å². The van der Waals surface area contributed by atoms with Crippen LogP contribution in [0.4, 0.5) is 5.82 Å². The van der Waals surface area contributed by atoms with Gasteiger partial charge in [-0.25, -0.2) is 9.97 Å². The van der Waals surface area contributed by atoms with E-state index >= 15 is 0 Å². The van der Waals surface area contributed by atoms with Crippen LogP contribution in [0.5, 0.6) is 5.75 Å². The molecule has 33 heavy (non-hydrogen) atoms. The molecule has 0 unspecified atom stereocenters. The van der Waals surface area contributed by atoms with Crippen molar-refractivity contribution in [2.75, 3.05) is 26.1 Å². The van der Waals surface area contributed by atoms with E-state index in [-0.39, 0.29) is 5.41 Å². The van der Waals surface area contributed by atoms with Crippen molar-refractivity contribution in [2.24, 2.45) is 5.41 Å². The van der Waals surface area contributed by atoms with Gasteiger partial charge < -0.3 is 24.5 Å². The van der Waals surface area contributed by atoms with Crippen LogP contribution < -0.4 is 10.5 Å². The molecule has 1 saturated heterocycles. The summed E-state index contributed by atoms with van der Waals surface area (Å²) in [7, 11) is 1.68. The molecule has 176 valence electrons. The summed E-state index contributed by atoms with van der Waals surface area (Å²) in [6.45, 7) is 8.17. The molecule has 0 radical (unpaired) electrons. The van der Waals surface area contributed by atoms with Gasteiger partial charge in [0.2, 0.25) is 0 Å². The number of nitrogens with zero attached hydrogens (tertiary/aromatic N) is 3. The third-order valence-electron chi connectivity index (χ3n) is 6.87. The third kappa shape index (κ3) is 4.32. The summed E-state index contributed by atoms with van der Waals surface area (Å²) >= 11 is 0. The number of anilines is 1. The molecule has 7 heteroatoms. The Morgan fingerprint density at radius 1 is 1.03 bits per heavy atom. The molecule has 3 heterocycles. The fraction of sp³-hybridized carbons (Fsp3) is 0.538. The number of nitrogen functional groups attached to an aromatic ring is 1. The standard InChI is InChI=1S/C26H34N4O3/c1-25(2)32-15-26(3,16-33-25)14-30-21(13-17-9-11-18(31-4)12-10-17)29-22-23(30)19-7-5-6-8-20(19)28-24(22)27/h9-12H,5-8,13-16H2,1-4H3,(H2,27,28). The van der Waals surface area contributed by atoms with Gasteiger partial charge in [0.05, 0.1) is 25.8 Å². The first-order chi connectivity index (χ1) is 15.8. The summed E-state index contributed by atoms with van der Waals surface area (Å²) in [6.07, 6.45) is 5.03. The number of rotatable bonds is 5. The van der Waals surface area contributed by atoms with Gasteiger partial charge in [0.15, 0.2) is 11.6 Å². The molecule has 1 fully saturated rings. The van der Waals surface area contributed by atoms with Crippen LogP contribution in [0.15, 0.2) is 24.3 Å².